The first-order valence-electron chi connectivity index (χ1n) is 6.95. The molecule has 0 heterocycles. The standard InChI is InChI=1S/C18H22O3/c1-11-6-7-14(8-12(11)2)18(19)15-10-17(21-5)16(20-4)9-13(15)3/h6-10,18-19H,1-5H3. The zero-order valence-corrected chi connectivity index (χ0v) is 13.2. The van der Waals surface area contributed by atoms with Crippen molar-refractivity contribution in [2.75, 3.05) is 14.2 Å². The van der Waals surface area contributed by atoms with Crippen LogP contribution in [0, 0.1) is 20.8 Å². The smallest absolute Gasteiger partial charge is 0.161 e. The Labute approximate surface area is 126 Å². The highest BCUT2D eigenvalue weighted by molar-refractivity contribution is 5.49. The maximum atomic E-state index is 10.7. The summed E-state index contributed by atoms with van der Waals surface area (Å²) in [6.07, 6.45) is -0.677. The van der Waals surface area contributed by atoms with Gasteiger partial charge in [-0.05, 0) is 60.7 Å². The summed E-state index contributed by atoms with van der Waals surface area (Å²) in [5.41, 5.74) is 5.07. The number of aliphatic hydroxyl groups excluding tert-OH is 1. The molecular weight excluding hydrogens is 264 g/mol. The minimum absolute atomic E-state index is 0.626. The molecule has 0 spiro atoms. The molecule has 2 aromatic rings. The summed E-state index contributed by atoms with van der Waals surface area (Å²) >= 11 is 0. The number of benzene rings is 2. The summed E-state index contributed by atoms with van der Waals surface area (Å²) in [5, 5.41) is 10.7. The molecule has 0 radical (unpaired) electrons. The Morgan fingerprint density at radius 3 is 2.00 bits per heavy atom. The third kappa shape index (κ3) is 3.03. The number of rotatable bonds is 4. The van der Waals surface area contributed by atoms with Crippen LogP contribution in [0.5, 0.6) is 11.5 Å². The van der Waals surface area contributed by atoms with Crippen LogP contribution < -0.4 is 9.47 Å². The average molecular weight is 286 g/mol. The van der Waals surface area contributed by atoms with Gasteiger partial charge >= 0.3 is 0 Å². The fourth-order valence-electron chi connectivity index (χ4n) is 2.41. The third-order valence-corrected chi connectivity index (χ3v) is 3.91. The van der Waals surface area contributed by atoms with E-state index in [4.69, 9.17) is 9.47 Å². The van der Waals surface area contributed by atoms with Crippen LogP contribution in [0.15, 0.2) is 30.3 Å². The van der Waals surface area contributed by atoms with Crippen LogP contribution in [-0.4, -0.2) is 19.3 Å². The molecule has 0 bridgehead atoms. The predicted molar refractivity (Wildman–Crippen MR) is 84.3 cm³/mol. The molecule has 0 aromatic heterocycles. The van der Waals surface area contributed by atoms with E-state index in [0.29, 0.717) is 11.5 Å². The zero-order valence-electron chi connectivity index (χ0n) is 13.2. The number of ether oxygens (including phenoxy) is 2. The van der Waals surface area contributed by atoms with Crippen molar-refractivity contribution in [3.63, 3.8) is 0 Å². The first kappa shape index (κ1) is 15.4. The molecule has 112 valence electrons. The quantitative estimate of drug-likeness (QED) is 0.931. The highest BCUT2D eigenvalue weighted by Gasteiger charge is 2.17. The molecule has 3 heteroatoms. The molecule has 0 fully saturated rings. The molecule has 0 saturated heterocycles. The van der Waals surface area contributed by atoms with Gasteiger partial charge in [-0.2, -0.15) is 0 Å². The minimum Gasteiger partial charge on any atom is -0.493 e. The zero-order chi connectivity index (χ0) is 15.6. The highest BCUT2D eigenvalue weighted by Crippen LogP contribution is 2.35. The first-order valence-corrected chi connectivity index (χ1v) is 6.95. The number of hydrogen-bond donors (Lipinski definition) is 1. The van der Waals surface area contributed by atoms with E-state index in [1.807, 2.05) is 44.2 Å². The maximum absolute atomic E-state index is 10.7. The second kappa shape index (κ2) is 6.19. The lowest BCUT2D eigenvalue weighted by Crippen LogP contribution is -2.04. The van der Waals surface area contributed by atoms with Crippen molar-refractivity contribution in [2.45, 2.75) is 26.9 Å². The summed E-state index contributed by atoms with van der Waals surface area (Å²) < 4.78 is 10.6. The number of methoxy groups -OCH3 is 2. The number of aliphatic hydroxyl groups is 1. The SMILES string of the molecule is COc1cc(C)c(C(O)c2ccc(C)c(C)c2)cc1OC. The lowest BCUT2D eigenvalue weighted by molar-refractivity contribution is 0.218. The summed E-state index contributed by atoms with van der Waals surface area (Å²) in [6, 6.07) is 9.75. The van der Waals surface area contributed by atoms with Crippen molar-refractivity contribution in [1.29, 1.82) is 0 Å². The summed E-state index contributed by atoms with van der Waals surface area (Å²) in [4.78, 5) is 0. The van der Waals surface area contributed by atoms with Crippen molar-refractivity contribution in [1.82, 2.24) is 0 Å². The van der Waals surface area contributed by atoms with E-state index >= 15 is 0 Å². The van der Waals surface area contributed by atoms with E-state index in [0.717, 1.165) is 16.7 Å². The van der Waals surface area contributed by atoms with Crippen LogP contribution in [0.25, 0.3) is 0 Å². The molecule has 1 atom stereocenters. The second-order valence-electron chi connectivity index (χ2n) is 5.31. The van der Waals surface area contributed by atoms with Gasteiger partial charge in [0.25, 0.3) is 0 Å². The van der Waals surface area contributed by atoms with E-state index in [2.05, 4.69) is 6.92 Å². The summed E-state index contributed by atoms with van der Waals surface area (Å²) in [5.74, 6) is 1.30. The molecule has 1 unspecified atom stereocenters. The van der Waals surface area contributed by atoms with Gasteiger partial charge in [0.15, 0.2) is 11.5 Å². The van der Waals surface area contributed by atoms with E-state index in [-0.39, 0.29) is 0 Å². The molecule has 0 aliphatic heterocycles. The van der Waals surface area contributed by atoms with Crippen LogP contribution in [0.2, 0.25) is 0 Å². The van der Waals surface area contributed by atoms with Gasteiger partial charge in [0, 0.05) is 0 Å². The van der Waals surface area contributed by atoms with E-state index in [1.54, 1.807) is 14.2 Å². The van der Waals surface area contributed by atoms with Gasteiger partial charge < -0.3 is 14.6 Å². The van der Waals surface area contributed by atoms with Crippen LogP contribution in [0.1, 0.15) is 33.9 Å². The Kier molecular flexibility index (Phi) is 4.53. The predicted octanol–water partition coefficient (Wildman–Crippen LogP) is 3.71. The van der Waals surface area contributed by atoms with Crippen molar-refractivity contribution in [3.8, 4) is 11.5 Å². The fourth-order valence-corrected chi connectivity index (χ4v) is 2.41. The Morgan fingerprint density at radius 1 is 0.810 bits per heavy atom. The van der Waals surface area contributed by atoms with Crippen LogP contribution in [-0.2, 0) is 0 Å². The van der Waals surface area contributed by atoms with Gasteiger partial charge in [-0.25, -0.2) is 0 Å². The van der Waals surface area contributed by atoms with Gasteiger partial charge in [-0.15, -0.1) is 0 Å². The molecular formula is C18H22O3. The van der Waals surface area contributed by atoms with Crippen molar-refractivity contribution >= 4 is 0 Å². The molecule has 0 aliphatic rings. The third-order valence-electron chi connectivity index (χ3n) is 3.91. The molecule has 0 aliphatic carbocycles. The van der Waals surface area contributed by atoms with Gasteiger partial charge in [0.1, 0.15) is 6.10 Å². The molecule has 21 heavy (non-hydrogen) atoms. The second-order valence-corrected chi connectivity index (χ2v) is 5.31. The highest BCUT2D eigenvalue weighted by atomic mass is 16.5. The molecule has 1 N–H and O–H groups in total. The van der Waals surface area contributed by atoms with Crippen molar-refractivity contribution in [2.24, 2.45) is 0 Å². The van der Waals surface area contributed by atoms with Gasteiger partial charge in [0.05, 0.1) is 14.2 Å². The van der Waals surface area contributed by atoms with Gasteiger partial charge in [-0.3, -0.25) is 0 Å². The Balaban J connectivity index is 2.47. The average Bonchev–Trinajstić information content (AvgIpc) is 2.49. The minimum atomic E-state index is -0.677. The Hall–Kier alpha value is -2.00. The normalized spacial score (nSPS) is 12.1. The van der Waals surface area contributed by atoms with Gasteiger partial charge in [-0.1, -0.05) is 18.2 Å². The van der Waals surface area contributed by atoms with E-state index < -0.39 is 6.10 Å². The van der Waals surface area contributed by atoms with Crippen LogP contribution in [0.4, 0.5) is 0 Å². The van der Waals surface area contributed by atoms with Crippen molar-refractivity contribution < 1.29 is 14.6 Å². The molecule has 2 rings (SSSR count). The first-order chi connectivity index (χ1) is 9.97. The lowest BCUT2D eigenvalue weighted by Gasteiger charge is -2.18. The monoisotopic (exact) mass is 286 g/mol. The fraction of sp³-hybridized carbons (Fsp3) is 0.333. The van der Waals surface area contributed by atoms with E-state index in [1.165, 1.54) is 11.1 Å². The topological polar surface area (TPSA) is 38.7 Å². The summed E-state index contributed by atoms with van der Waals surface area (Å²) in [7, 11) is 3.20. The Morgan fingerprint density at radius 2 is 1.43 bits per heavy atom. The van der Waals surface area contributed by atoms with Crippen LogP contribution in [0.3, 0.4) is 0 Å². The molecule has 3 nitrogen and oxygen atoms in total. The molecule has 0 amide bonds. The van der Waals surface area contributed by atoms with Gasteiger partial charge in [0.2, 0.25) is 0 Å². The molecule has 0 saturated carbocycles. The maximum Gasteiger partial charge on any atom is 0.161 e. The lowest BCUT2D eigenvalue weighted by atomic mass is 9.94. The van der Waals surface area contributed by atoms with E-state index in [9.17, 15) is 5.11 Å². The Bertz CT molecular complexity index is 647. The van der Waals surface area contributed by atoms with Crippen molar-refractivity contribution in [3.05, 3.63) is 58.1 Å². The van der Waals surface area contributed by atoms with Crippen LogP contribution >= 0.6 is 0 Å². The molecule has 2 aromatic carbocycles. The summed E-state index contributed by atoms with van der Waals surface area (Å²) in [6.45, 7) is 6.07. The number of aryl methyl sites for hydroxylation is 3. The number of hydrogen-bond acceptors (Lipinski definition) is 3. The largest absolute Gasteiger partial charge is 0.493 e.